The number of ether oxygens (including phenoxy) is 2. The Morgan fingerprint density at radius 2 is 1.74 bits per heavy atom. The molecule has 0 radical (unpaired) electrons. The molecule has 0 unspecified atom stereocenters. The van der Waals surface area contributed by atoms with Crippen LogP contribution in [-0.2, 0) is 19.1 Å². The maximum atomic E-state index is 11.9. The van der Waals surface area contributed by atoms with Crippen LogP contribution in [0.3, 0.4) is 0 Å². The second kappa shape index (κ2) is 7.65. The molecule has 1 aliphatic heterocycles. The van der Waals surface area contributed by atoms with Crippen molar-refractivity contribution in [1.82, 2.24) is 0 Å². The van der Waals surface area contributed by atoms with E-state index in [4.69, 9.17) is 9.47 Å². The van der Waals surface area contributed by atoms with E-state index in [1.54, 1.807) is 13.8 Å². The molecule has 2 atom stereocenters. The van der Waals surface area contributed by atoms with E-state index < -0.39 is 29.7 Å². The highest BCUT2D eigenvalue weighted by Crippen LogP contribution is 2.29. The lowest BCUT2D eigenvalue weighted by Crippen LogP contribution is -2.33. The zero-order chi connectivity index (χ0) is 19.4. The summed E-state index contributed by atoms with van der Waals surface area (Å²) in [6.07, 6.45) is -1.15. The summed E-state index contributed by atoms with van der Waals surface area (Å²) in [6.45, 7) is 3.15. The van der Waals surface area contributed by atoms with Crippen molar-refractivity contribution >= 4 is 11.9 Å². The van der Waals surface area contributed by atoms with Crippen LogP contribution in [-0.4, -0.2) is 28.9 Å². The predicted octanol–water partition coefficient (Wildman–Crippen LogP) is 3.47. The molecule has 0 aromatic heterocycles. The largest absolute Gasteiger partial charge is 0.481 e. The van der Waals surface area contributed by atoms with Crippen molar-refractivity contribution in [2.24, 2.45) is 5.92 Å². The Morgan fingerprint density at radius 3 is 2.30 bits per heavy atom. The third kappa shape index (κ3) is 4.55. The molecule has 1 heterocycles. The molecular weight excluding hydrogens is 344 g/mol. The first-order chi connectivity index (χ1) is 12.9. The molecule has 0 bridgehead atoms. The zero-order valence-corrected chi connectivity index (χ0v) is 15.1. The lowest BCUT2D eigenvalue weighted by molar-refractivity contribution is -0.163. The van der Waals surface area contributed by atoms with E-state index in [0.717, 1.165) is 16.7 Å². The number of carbonyl (C=O) groups is 2. The molecule has 1 N–H and O–H groups in total. The van der Waals surface area contributed by atoms with Crippen LogP contribution in [0.25, 0.3) is 11.1 Å². The second-order valence-corrected chi connectivity index (χ2v) is 6.75. The van der Waals surface area contributed by atoms with Gasteiger partial charge in [-0.1, -0.05) is 54.3 Å². The molecule has 0 spiro atoms. The summed E-state index contributed by atoms with van der Waals surface area (Å²) in [5.41, 5.74) is 2.96. The van der Waals surface area contributed by atoms with Gasteiger partial charge in [-0.25, -0.2) is 4.79 Å². The van der Waals surface area contributed by atoms with Crippen molar-refractivity contribution in [3.63, 3.8) is 0 Å². The van der Waals surface area contributed by atoms with Gasteiger partial charge in [0, 0.05) is 25.8 Å². The van der Waals surface area contributed by atoms with Gasteiger partial charge >= 0.3 is 11.9 Å². The van der Waals surface area contributed by atoms with E-state index in [-0.39, 0.29) is 6.42 Å². The number of cyclic esters (lactones) is 1. The molecule has 0 amide bonds. The van der Waals surface area contributed by atoms with Gasteiger partial charge in [-0.3, -0.25) is 4.79 Å². The Kier molecular flexibility index (Phi) is 5.29. The topological polar surface area (TPSA) is 72.8 Å². The molecule has 5 heteroatoms. The number of benzene rings is 2. The number of hydrogen-bond donors (Lipinski definition) is 1. The zero-order valence-electron chi connectivity index (χ0n) is 15.1. The predicted molar refractivity (Wildman–Crippen MR) is 99.5 cm³/mol. The summed E-state index contributed by atoms with van der Waals surface area (Å²) >= 11 is 0. The highest BCUT2D eigenvalue weighted by molar-refractivity contribution is 5.84. The van der Waals surface area contributed by atoms with Crippen molar-refractivity contribution in [3.05, 3.63) is 60.2 Å². The van der Waals surface area contributed by atoms with Crippen LogP contribution in [0.15, 0.2) is 54.6 Å². The first-order valence-corrected chi connectivity index (χ1v) is 8.63. The Balaban J connectivity index is 1.69. The molecule has 5 nitrogen and oxygen atoms in total. The number of carboxylic acids is 1. The van der Waals surface area contributed by atoms with E-state index in [0.29, 0.717) is 0 Å². The van der Waals surface area contributed by atoms with Crippen molar-refractivity contribution < 1.29 is 24.2 Å². The molecule has 1 saturated heterocycles. The number of esters is 1. The summed E-state index contributed by atoms with van der Waals surface area (Å²) in [5, 5.41) is 9.43. The van der Waals surface area contributed by atoms with Crippen LogP contribution in [0, 0.1) is 17.8 Å². The monoisotopic (exact) mass is 364 g/mol. The number of rotatable bonds is 4. The second-order valence-electron chi connectivity index (χ2n) is 6.75. The summed E-state index contributed by atoms with van der Waals surface area (Å²) < 4.78 is 10.5. The summed E-state index contributed by atoms with van der Waals surface area (Å²) in [7, 11) is 0. The van der Waals surface area contributed by atoms with Gasteiger partial charge in [0.25, 0.3) is 0 Å². The molecule has 0 saturated carbocycles. The van der Waals surface area contributed by atoms with Crippen molar-refractivity contribution in [2.75, 3.05) is 0 Å². The molecular formula is C22H20O5. The summed E-state index contributed by atoms with van der Waals surface area (Å²) in [5.74, 6) is 1.81. The maximum Gasteiger partial charge on any atom is 0.338 e. The van der Waals surface area contributed by atoms with E-state index in [9.17, 15) is 14.7 Å². The molecule has 1 aliphatic rings. The van der Waals surface area contributed by atoms with E-state index >= 15 is 0 Å². The van der Waals surface area contributed by atoms with E-state index in [2.05, 4.69) is 11.8 Å². The molecule has 27 heavy (non-hydrogen) atoms. The molecule has 138 valence electrons. The minimum atomic E-state index is -1.15. The molecule has 2 aromatic carbocycles. The lowest BCUT2D eigenvalue weighted by Gasteiger charge is -2.17. The van der Waals surface area contributed by atoms with Crippen molar-refractivity contribution in [3.8, 4) is 23.0 Å². The SMILES string of the molecule is CC1(C)OC(=O)[C@H]([C@@H](CC#Cc2ccc(-c3ccccc3)cc2)C(=O)O)O1. The maximum absolute atomic E-state index is 11.9. The van der Waals surface area contributed by atoms with Crippen molar-refractivity contribution in [2.45, 2.75) is 32.2 Å². The van der Waals surface area contributed by atoms with E-state index in [1.165, 1.54) is 0 Å². The van der Waals surface area contributed by atoms with Gasteiger partial charge in [-0.2, -0.15) is 0 Å². The normalized spacial score (nSPS) is 18.9. The van der Waals surface area contributed by atoms with Gasteiger partial charge in [-0.15, -0.1) is 0 Å². The molecule has 0 aliphatic carbocycles. The highest BCUT2D eigenvalue weighted by Gasteiger charge is 2.47. The molecule has 3 rings (SSSR count). The van der Waals surface area contributed by atoms with Gasteiger partial charge in [0.15, 0.2) is 6.10 Å². The fourth-order valence-electron chi connectivity index (χ4n) is 2.89. The fraction of sp³-hybridized carbons (Fsp3) is 0.273. The van der Waals surface area contributed by atoms with Gasteiger partial charge < -0.3 is 14.6 Å². The van der Waals surface area contributed by atoms with Gasteiger partial charge in [-0.05, 0) is 23.3 Å². The van der Waals surface area contributed by atoms with E-state index in [1.807, 2.05) is 54.6 Å². The number of hydrogen-bond acceptors (Lipinski definition) is 4. The average molecular weight is 364 g/mol. The number of carboxylic acid groups (broad SMARTS) is 1. The molecule has 2 aromatic rings. The highest BCUT2D eigenvalue weighted by atomic mass is 16.8. The Labute approximate surface area is 157 Å². The first-order valence-electron chi connectivity index (χ1n) is 8.63. The Bertz CT molecular complexity index is 888. The van der Waals surface area contributed by atoms with Gasteiger partial charge in [0.1, 0.15) is 5.92 Å². The third-order valence-electron chi connectivity index (χ3n) is 4.22. The Hall–Kier alpha value is -3.10. The van der Waals surface area contributed by atoms with Crippen LogP contribution >= 0.6 is 0 Å². The standard InChI is InChI=1S/C22H20O5/c1-22(2)26-19(21(25)27-22)18(20(23)24)10-6-7-15-11-13-17(14-12-15)16-8-4-3-5-9-16/h3-5,8-9,11-14,18-19H,10H2,1-2H3,(H,23,24)/t18-,19+/m1/s1. The average Bonchev–Trinajstić information content (AvgIpc) is 2.92. The quantitative estimate of drug-likeness (QED) is 0.664. The summed E-state index contributed by atoms with van der Waals surface area (Å²) in [6, 6.07) is 17.7. The third-order valence-corrected chi connectivity index (χ3v) is 4.22. The van der Waals surface area contributed by atoms with Crippen LogP contribution < -0.4 is 0 Å². The minimum absolute atomic E-state index is 0.00832. The van der Waals surface area contributed by atoms with Gasteiger partial charge in [0.2, 0.25) is 5.79 Å². The number of carbonyl (C=O) groups excluding carboxylic acids is 1. The smallest absolute Gasteiger partial charge is 0.338 e. The van der Waals surface area contributed by atoms with Crippen molar-refractivity contribution in [1.29, 1.82) is 0 Å². The van der Waals surface area contributed by atoms with Crippen LogP contribution in [0.1, 0.15) is 25.8 Å². The fourth-order valence-corrected chi connectivity index (χ4v) is 2.89. The first kappa shape index (κ1) is 18.7. The van der Waals surface area contributed by atoms with Crippen LogP contribution in [0.2, 0.25) is 0 Å². The lowest BCUT2D eigenvalue weighted by atomic mass is 9.98. The minimum Gasteiger partial charge on any atom is -0.481 e. The molecule has 1 fully saturated rings. The van der Waals surface area contributed by atoms with Crippen LogP contribution in [0.5, 0.6) is 0 Å². The summed E-state index contributed by atoms with van der Waals surface area (Å²) in [4.78, 5) is 23.4. The Morgan fingerprint density at radius 1 is 1.11 bits per heavy atom. The van der Waals surface area contributed by atoms with Crippen LogP contribution in [0.4, 0.5) is 0 Å². The van der Waals surface area contributed by atoms with Gasteiger partial charge in [0.05, 0.1) is 0 Å². The number of aliphatic carboxylic acids is 1.